The fraction of sp³-hybridized carbons (Fsp3) is 0.375. The van der Waals surface area contributed by atoms with Crippen molar-refractivity contribution in [1.29, 1.82) is 0 Å². The molecule has 1 aromatic heterocycles. The predicted octanol–water partition coefficient (Wildman–Crippen LogP) is 1.98. The fourth-order valence-corrected chi connectivity index (χ4v) is 3.44. The molecule has 0 bridgehead atoms. The van der Waals surface area contributed by atoms with E-state index in [1.807, 2.05) is 30.5 Å². The molecular weight excluding hydrogens is 302 g/mol. The van der Waals surface area contributed by atoms with Crippen LogP contribution in [0.15, 0.2) is 30.5 Å². The highest BCUT2D eigenvalue weighted by Gasteiger charge is 2.42. The average Bonchev–Trinajstić information content (AvgIpc) is 2.94. The van der Waals surface area contributed by atoms with Crippen molar-refractivity contribution in [1.82, 2.24) is 10.3 Å². The second-order valence-electron chi connectivity index (χ2n) is 5.91. The van der Waals surface area contributed by atoms with Gasteiger partial charge in [0.15, 0.2) is 0 Å². The van der Waals surface area contributed by atoms with Gasteiger partial charge >= 0.3 is 0 Å². The third kappa shape index (κ3) is 2.30. The molecule has 1 unspecified atom stereocenters. The number of ether oxygens (including phenoxy) is 1. The minimum absolute atomic E-state index is 0.0342. The van der Waals surface area contributed by atoms with Crippen LogP contribution in [0.1, 0.15) is 6.42 Å². The van der Waals surface area contributed by atoms with Crippen LogP contribution >= 0.6 is 11.6 Å². The lowest BCUT2D eigenvalue weighted by Crippen LogP contribution is -2.53. The lowest BCUT2D eigenvalue weighted by molar-refractivity contribution is -0.141. The van der Waals surface area contributed by atoms with Crippen molar-refractivity contribution in [2.75, 3.05) is 31.1 Å². The maximum absolute atomic E-state index is 11.3. The number of carbonyl (C=O) groups excluding carboxylic acids is 1. The Morgan fingerprint density at radius 1 is 1.36 bits per heavy atom. The number of anilines is 1. The first kappa shape index (κ1) is 13.8. The molecule has 0 radical (unpaired) electrons. The number of nitrogens with one attached hydrogen (secondary N) is 1. The zero-order valence-corrected chi connectivity index (χ0v) is 12.8. The topological polar surface area (TPSA) is 54.5 Å². The Balaban J connectivity index is 1.65. The SMILES string of the molecule is O=C1COC2(CCN(c3ccnc4cc(Cl)ccc34)C2)CN1. The van der Waals surface area contributed by atoms with E-state index in [9.17, 15) is 4.79 Å². The van der Waals surface area contributed by atoms with Gasteiger partial charge in [-0.25, -0.2) is 0 Å². The zero-order valence-electron chi connectivity index (χ0n) is 12.0. The van der Waals surface area contributed by atoms with Gasteiger partial charge in [0, 0.05) is 41.9 Å². The first-order valence-corrected chi connectivity index (χ1v) is 7.73. The molecule has 6 heteroatoms. The Morgan fingerprint density at radius 3 is 3.09 bits per heavy atom. The third-order valence-corrected chi connectivity index (χ3v) is 4.69. The molecule has 2 saturated heterocycles. The number of carbonyl (C=O) groups is 1. The lowest BCUT2D eigenvalue weighted by Gasteiger charge is -2.33. The summed E-state index contributed by atoms with van der Waals surface area (Å²) in [5.41, 5.74) is 1.76. The first-order valence-electron chi connectivity index (χ1n) is 7.35. The van der Waals surface area contributed by atoms with Gasteiger partial charge in [0.1, 0.15) is 12.2 Å². The van der Waals surface area contributed by atoms with E-state index in [1.54, 1.807) is 0 Å². The second-order valence-corrected chi connectivity index (χ2v) is 6.35. The number of benzene rings is 1. The molecule has 2 aliphatic heterocycles. The average molecular weight is 318 g/mol. The number of fused-ring (bicyclic) bond motifs is 1. The van der Waals surface area contributed by atoms with Gasteiger partial charge in [0.2, 0.25) is 5.91 Å². The Bertz CT molecular complexity index is 739. The summed E-state index contributed by atoms with van der Waals surface area (Å²) in [6.45, 7) is 2.41. The van der Waals surface area contributed by atoms with Crippen molar-refractivity contribution in [2.45, 2.75) is 12.0 Å². The molecule has 2 aliphatic rings. The van der Waals surface area contributed by atoms with E-state index in [0.717, 1.165) is 36.1 Å². The quantitative estimate of drug-likeness (QED) is 0.874. The molecule has 1 aromatic carbocycles. The lowest BCUT2D eigenvalue weighted by atomic mass is 10.0. The van der Waals surface area contributed by atoms with Crippen LogP contribution in [0.3, 0.4) is 0 Å². The predicted molar refractivity (Wildman–Crippen MR) is 85.3 cm³/mol. The number of halogens is 1. The van der Waals surface area contributed by atoms with E-state index in [2.05, 4.69) is 15.2 Å². The number of nitrogens with zero attached hydrogens (tertiary/aromatic N) is 2. The van der Waals surface area contributed by atoms with Gasteiger partial charge in [-0.1, -0.05) is 11.6 Å². The summed E-state index contributed by atoms with van der Waals surface area (Å²) in [4.78, 5) is 18.0. The smallest absolute Gasteiger partial charge is 0.246 e. The van der Waals surface area contributed by atoms with Crippen LogP contribution in [-0.2, 0) is 9.53 Å². The Hall–Kier alpha value is -1.85. The minimum atomic E-state index is -0.268. The van der Waals surface area contributed by atoms with E-state index >= 15 is 0 Å². The molecule has 3 heterocycles. The van der Waals surface area contributed by atoms with E-state index in [4.69, 9.17) is 16.3 Å². The normalized spacial score (nSPS) is 25.0. The van der Waals surface area contributed by atoms with Crippen LogP contribution in [0.2, 0.25) is 5.02 Å². The number of morpholine rings is 1. The van der Waals surface area contributed by atoms with Crippen molar-refractivity contribution in [3.05, 3.63) is 35.5 Å². The molecule has 1 atom stereocenters. The van der Waals surface area contributed by atoms with Crippen molar-refractivity contribution in [3.63, 3.8) is 0 Å². The number of hydrogen-bond donors (Lipinski definition) is 1. The van der Waals surface area contributed by atoms with Crippen LogP contribution < -0.4 is 10.2 Å². The summed E-state index contributed by atoms with van der Waals surface area (Å²) >= 11 is 6.05. The largest absolute Gasteiger partial charge is 0.368 e. The van der Waals surface area contributed by atoms with Gasteiger partial charge in [0.05, 0.1) is 5.52 Å². The molecular formula is C16H16ClN3O2. The Morgan fingerprint density at radius 2 is 2.27 bits per heavy atom. The highest BCUT2D eigenvalue weighted by Crippen LogP contribution is 2.34. The van der Waals surface area contributed by atoms with Crippen LogP contribution in [0.25, 0.3) is 10.9 Å². The molecule has 1 N–H and O–H groups in total. The maximum atomic E-state index is 11.3. The van der Waals surface area contributed by atoms with E-state index in [-0.39, 0.29) is 18.1 Å². The maximum Gasteiger partial charge on any atom is 0.246 e. The van der Waals surface area contributed by atoms with E-state index < -0.39 is 0 Å². The first-order chi connectivity index (χ1) is 10.7. The van der Waals surface area contributed by atoms with Gasteiger partial charge in [-0.15, -0.1) is 0 Å². The third-order valence-electron chi connectivity index (χ3n) is 4.46. The van der Waals surface area contributed by atoms with Crippen molar-refractivity contribution < 1.29 is 9.53 Å². The molecule has 114 valence electrons. The van der Waals surface area contributed by atoms with E-state index in [0.29, 0.717) is 11.6 Å². The highest BCUT2D eigenvalue weighted by molar-refractivity contribution is 6.31. The molecule has 4 rings (SSSR count). The number of hydrogen-bond acceptors (Lipinski definition) is 4. The molecule has 22 heavy (non-hydrogen) atoms. The molecule has 0 saturated carbocycles. The fourth-order valence-electron chi connectivity index (χ4n) is 3.27. The molecule has 5 nitrogen and oxygen atoms in total. The van der Waals surface area contributed by atoms with Crippen LogP contribution in [-0.4, -0.2) is 42.7 Å². The zero-order chi connectivity index (χ0) is 15.2. The molecule has 1 spiro atoms. The Labute approximate surface area is 133 Å². The van der Waals surface area contributed by atoms with Gasteiger partial charge < -0.3 is 15.0 Å². The van der Waals surface area contributed by atoms with Crippen molar-refractivity contribution >= 4 is 34.1 Å². The summed E-state index contributed by atoms with van der Waals surface area (Å²) in [5.74, 6) is -0.0342. The summed E-state index contributed by atoms with van der Waals surface area (Å²) < 4.78 is 5.83. The van der Waals surface area contributed by atoms with Crippen molar-refractivity contribution in [2.24, 2.45) is 0 Å². The number of pyridine rings is 1. The monoisotopic (exact) mass is 317 g/mol. The highest BCUT2D eigenvalue weighted by atomic mass is 35.5. The number of aromatic nitrogens is 1. The second kappa shape index (κ2) is 5.11. The van der Waals surface area contributed by atoms with Crippen LogP contribution in [0, 0.1) is 0 Å². The van der Waals surface area contributed by atoms with Gasteiger partial charge in [0.25, 0.3) is 0 Å². The van der Waals surface area contributed by atoms with Crippen molar-refractivity contribution in [3.8, 4) is 0 Å². The molecule has 1 amide bonds. The van der Waals surface area contributed by atoms with Gasteiger partial charge in [-0.3, -0.25) is 9.78 Å². The number of amides is 1. The summed E-state index contributed by atoms with van der Waals surface area (Å²) in [6, 6.07) is 7.80. The standard InChI is InChI=1S/C16H16ClN3O2/c17-11-1-2-12-13(7-11)18-5-3-14(12)20-6-4-16(10-20)9-19-15(21)8-22-16/h1-3,5,7H,4,6,8-10H2,(H,19,21). The van der Waals surface area contributed by atoms with Crippen LogP contribution in [0.4, 0.5) is 5.69 Å². The number of rotatable bonds is 1. The summed E-state index contributed by atoms with van der Waals surface area (Å²) in [5, 5.41) is 4.69. The van der Waals surface area contributed by atoms with Gasteiger partial charge in [-0.05, 0) is 30.7 Å². The van der Waals surface area contributed by atoms with Crippen LogP contribution in [0.5, 0.6) is 0 Å². The van der Waals surface area contributed by atoms with E-state index in [1.165, 1.54) is 0 Å². The molecule has 2 aromatic rings. The minimum Gasteiger partial charge on any atom is -0.368 e. The Kier molecular flexibility index (Phi) is 3.20. The summed E-state index contributed by atoms with van der Waals surface area (Å²) in [6.07, 6.45) is 2.72. The molecule has 2 fully saturated rings. The van der Waals surface area contributed by atoms with Gasteiger partial charge in [-0.2, -0.15) is 0 Å². The molecule has 0 aliphatic carbocycles. The summed E-state index contributed by atoms with van der Waals surface area (Å²) in [7, 11) is 0.